The Labute approximate surface area is 213 Å². The van der Waals surface area contributed by atoms with Gasteiger partial charge < -0.3 is 38.3 Å². The summed E-state index contributed by atoms with van der Waals surface area (Å²) < 4.78 is 0. The Bertz CT molecular complexity index is 946. The first-order valence-corrected chi connectivity index (χ1v) is 11.7. The molecule has 0 bridgehead atoms. The van der Waals surface area contributed by atoms with Crippen LogP contribution in [0.15, 0.2) is 30.3 Å². The third-order valence-corrected chi connectivity index (χ3v) is 5.45. The zero-order chi connectivity index (χ0) is 27.3. The van der Waals surface area contributed by atoms with Crippen LogP contribution in [0.5, 0.6) is 0 Å². The number of benzene rings is 1. The highest BCUT2D eigenvalue weighted by Gasteiger charge is 2.30. The van der Waals surface area contributed by atoms with E-state index in [1.54, 1.807) is 30.3 Å². The van der Waals surface area contributed by atoms with E-state index in [-0.39, 0.29) is 37.9 Å². The molecule has 0 saturated heterocycles. The van der Waals surface area contributed by atoms with Crippen LogP contribution in [0.25, 0.3) is 0 Å². The van der Waals surface area contributed by atoms with Gasteiger partial charge in [-0.25, -0.2) is 4.79 Å². The van der Waals surface area contributed by atoms with Gasteiger partial charge in [0.25, 0.3) is 0 Å². The molecule has 4 atom stereocenters. The zero-order valence-corrected chi connectivity index (χ0v) is 20.4. The average Bonchev–Trinajstić information content (AvgIpc) is 2.83. The second kappa shape index (κ2) is 15.4. The number of thiol groups is 1. The summed E-state index contributed by atoms with van der Waals surface area (Å²) in [6.45, 7) is 0. The quantitative estimate of drug-likeness (QED) is 0.108. The van der Waals surface area contributed by atoms with E-state index in [0.29, 0.717) is 5.56 Å². The highest BCUT2D eigenvalue weighted by Crippen LogP contribution is 2.07. The van der Waals surface area contributed by atoms with Gasteiger partial charge in [-0.3, -0.25) is 24.0 Å². The minimum atomic E-state index is -1.43. The number of carboxylic acids is 1. The van der Waals surface area contributed by atoms with Crippen LogP contribution in [0, 0.1) is 0 Å². The lowest BCUT2D eigenvalue weighted by Gasteiger charge is -2.25. The maximum Gasteiger partial charge on any atom is 0.326 e. The maximum absolute atomic E-state index is 13.0. The lowest BCUT2D eigenvalue weighted by molar-refractivity contribution is -0.142. The van der Waals surface area contributed by atoms with Crippen molar-refractivity contribution in [2.24, 2.45) is 17.2 Å². The van der Waals surface area contributed by atoms with Crippen molar-refractivity contribution >= 4 is 48.1 Å². The molecule has 1 aromatic rings. The van der Waals surface area contributed by atoms with Crippen molar-refractivity contribution in [3.63, 3.8) is 0 Å². The van der Waals surface area contributed by atoms with E-state index in [9.17, 15) is 33.9 Å². The van der Waals surface area contributed by atoms with Crippen LogP contribution >= 0.6 is 12.6 Å². The first-order valence-electron chi connectivity index (χ1n) is 11.1. The monoisotopic (exact) mass is 524 g/mol. The Balaban J connectivity index is 3.13. The van der Waals surface area contributed by atoms with E-state index in [4.69, 9.17) is 17.2 Å². The fraction of sp³-hybridized carbons (Fsp3) is 0.455. The van der Waals surface area contributed by atoms with Crippen LogP contribution in [0.4, 0.5) is 0 Å². The summed E-state index contributed by atoms with van der Waals surface area (Å²) in [5.41, 5.74) is 16.5. The van der Waals surface area contributed by atoms with Crippen LogP contribution in [-0.2, 0) is 35.2 Å². The highest BCUT2D eigenvalue weighted by molar-refractivity contribution is 7.80. The van der Waals surface area contributed by atoms with Crippen molar-refractivity contribution in [3.8, 4) is 0 Å². The Morgan fingerprint density at radius 1 is 0.778 bits per heavy atom. The van der Waals surface area contributed by atoms with Gasteiger partial charge in [-0.15, -0.1) is 0 Å². The molecule has 198 valence electrons. The van der Waals surface area contributed by atoms with E-state index < -0.39 is 59.7 Å². The second-order valence-corrected chi connectivity index (χ2v) is 8.38. The molecule has 0 saturated carbocycles. The number of carbonyl (C=O) groups is 6. The number of rotatable bonds is 16. The number of amides is 5. The topological polar surface area (TPSA) is 237 Å². The van der Waals surface area contributed by atoms with Crippen LogP contribution < -0.4 is 33.2 Å². The van der Waals surface area contributed by atoms with Crippen LogP contribution in [0.2, 0.25) is 0 Å². The molecule has 1 rings (SSSR count). The largest absolute Gasteiger partial charge is 0.480 e. The molecule has 0 aliphatic carbocycles. The molecule has 13 nitrogen and oxygen atoms in total. The summed E-state index contributed by atoms with van der Waals surface area (Å²) in [5, 5.41) is 16.6. The number of primary amides is 2. The highest BCUT2D eigenvalue weighted by atomic mass is 32.1. The van der Waals surface area contributed by atoms with Crippen LogP contribution in [0.3, 0.4) is 0 Å². The Morgan fingerprint density at radius 2 is 1.25 bits per heavy atom. The Hall–Kier alpha value is -3.65. The van der Waals surface area contributed by atoms with Gasteiger partial charge in [-0.2, -0.15) is 12.6 Å². The number of nitrogens with one attached hydrogen (secondary N) is 3. The van der Waals surface area contributed by atoms with Gasteiger partial charge in [-0.1, -0.05) is 30.3 Å². The molecular weight excluding hydrogens is 492 g/mol. The van der Waals surface area contributed by atoms with E-state index in [1.807, 2.05) is 0 Å². The number of nitrogens with two attached hydrogens (primary N) is 3. The van der Waals surface area contributed by atoms with Gasteiger partial charge in [0.05, 0.1) is 6.04 Å². The number of hydrogen-bond acceptors (Lipinski definition) is 8. The predicted molar refractivity (Wildman–Crippen MR) is 132 cm³/mol. The molecule has 14 heteroatoms. The molecular formula is C22H32N6O7S. The smallest absolute Gasteiger partial charge is 0.326 e. The minimum absolute atomic E-state index is 0.00307. The van der Waals surface area contributed by atoms with E-state index in [1.165, 1.54) is 0 Å². The lowest BCUT2D eigenvalue weighted by atomic mass is 10.0. The SMILES string of the molecule is NC(=O)CCC(NC(=O)C(Cc1ccccc1)NC(=O)C(CCC(N)=O)NC(=O)C(N)CS)C(=O)O. The number of carbonyl (C=O) groups excluding carboxylic acids is 5. The molecule has 1 aromatic carbocycles. The van der Waals surface area contributed by atoms with E-state index in [2.05, 4.69) is 28.6 Å². The molecule has 0 spiro atoms. The number of carboxylic acid groups (broad SMARTS) is 1. The normalized spacial score (nSPS) is 13.9. The van der Waals surface area contributed by atoms with E-state index >= 15 is 0 Å². The van der Waals surface area contributed by atoms with Gasteiger partial charge in [0.15, 0.2) is 0 Å². The standard InChI is InChI=1S/C22H32N6O7S/c23-13(11-36)19(31)26-14(6-8-17(24)29)20(32)28-16(10-12-4-2-1-3-5-12)21(33)27-15(22(34)35)7-9-18(25)30/h1-5,13-16,36H,6-11,23H2,(H2,24,29)(H2,25,30)(H,26,31)(H,27,33)(H,28,32)(H,34,35). The Kier molecular flexibility index (Phi) is 13.0. The molecule has 10 N–H and O–H groups in total. The van der Waals surface area contributed by atoms with Gasteiger partial charge in [-0.05, 0) is 18.4 Å². The van der Waals surface area contributed by atoms with Crippen LogP contribution in [0.1, 0.15) is 31.2 Å². The first-order chi connectivity index (χ1) is 16.9. The fourth-order valence-corrected chi connectivity index (χ4v) is 3.23. The summed E-state index contributed by atoms with van der Waals surface area (Å²) in [7, 11) is 0. The summed E-state index contributed by atoms with van der Waals surface area (Å²) in [4.78, 5) is 72.2. The van der Waals surface area contributed by atoms with Crippen molar-refractivity contribution < 1.29 is 33.9 Å². The summed E-state index contributed by atoms with van der Waals surface area (Å²) in [6, 6.07) is 3.61. The van der Waals surface area contributed by atoms with Gasteiger partial charge in [0.1, 0.15) is 18.1 Å². The molecule has 0 aliphatic heterocycles. The van der Waals surface area contributed by atoms with Crippen molar-refractivity contribution in [1.29, 1.82) is 0 Å². The van der Waals surface area contributed by atoms with Crippen molar-refractivity contribution in [1.82, 2.24) is 16.0 Å². The molecule has 4 unspecified atom stereocenters. The summed E-state index contributed by atoms with van der Waals surface area (Å²) >= 11 is 3.94. The van der Waals surface area contributed by atoms with Gasteiger partial charge >= 0.3 is 5.97 Å². The predicted octanol–water partition coefficient (Wildman–Crippen LogP) is -2.44. The van der Waals surface area contributed by atoms with Crippen LogP contribution in [-0.4, -0.2) is 70.5 Å². The molecule has 0 aliphatic rings. The third kappa shape index (κ3) is 11.2. The summed E-state index contributed by atoms with van der Waals surface area (Å²) in [6.07, 6.45) is -0.950. The maximum atomic E-state index is 13.0. The second-order valence-electron chi connectivity index (χ2n) is 8.01. The molecule has 0 fully saturated rings. The first kappa shape index (κ1) is 30.4. The van der Waals surface area contributed by atoms with Crippen molar-refractivity contribution in [3.05, 3.63) is 35.9 Å². The molecule has 0 radical (unpaired) electrons. The Morgan fingerprint density at radius 3 is 1.75 bits per heavy atom. The number of aliphatic carboxylic acids is 1. The van der Waals surface area contributed by atoms with Crippen molar-refractivity contribution in [2.45, 2.75) is 56.3 Å². The molecule has 36 heavy (non-hydrogen) atoms. The molecule has 5 amide bonds. The molecule has 0 aromatic heterocycles. The number of hydrogen-bond donors (Lipinski definition) is 8. The average molecular weight is 525 g/mol. The summed E-state index contributed by atoms with van der Waals surface area (Å²) in [5.74, 6) is -5.18. The third-order valence-electron chi connectivity index (χ3n) is 5.06. The molecule has 0 heterocycles. The van der Waals surface area contributed by atoms with E-state index in [0.717, 1.165) is 0 Å². The van der Waals surface area contributed by atoms with Gasteiger partial charge in [0.2, 0.25) is 29.5 Å². The minimum Gasteiger partial charge on any atom is -0.480 e. The van der Waals surface area contributed by atoms with Gasteiger partial charge in [0, 0.05) is 25.0 Å². The van der Waals surface area contributed by atoms with Crippen molar-refractivity contribution in [2.75, 3.05) is 5.75 Å². The lowest BCUT2D eigenvalue weighted by Crippen LogP contribution is -2.58. The fourth-order valence-electron chi connectivity index (χ4n) is 3.06. The zero-order valence-electron chi connectivity index (χ0n) is 19.5.